The average Bonchev–Trinajstić information content (AvgIpc) is 3.12. The largest absolute Gasteiger partial charge is 0.465 e. The fourth-order valence-electron chi connectivity index (χ4n) is 2.29. The highest BCUT2D eigenvalue weighted by molar-refractivity contribution is 5.89. The molecule has 0 saturated carbocycles. The van der Waals surface area contributed by atoms with Crippen LogP contribution in [0, 0.1) is 0 Å². The van der Waals surface area contributed by atoms with Crippen molar-refractivity contribution in [1.29, 1.82) is 0 Å². The molecule has 3 rings (SSSR count). The second-order valence-corrected chi connectivity index (χ2v) is 5.25. The minimum absolute atomic E-state index is 0.0646. The van der Waals surface area contributed by atoms with E-state index in [0.29, 0.717) is 22.6 Å². The normalized spacial score (nSPS) is 12.2. The summed E-state index contributed by atoms with van der Waals surface area (Å²) in [5.74, 6) is 0.414. The zero-order valence-corrected chi connectivity index (χ0v) is 13.6. The number of esters is 2. The van der Waals surface area contributed by atoms with E-state index < -0.39 is 11.9 Å². The molecule has 0 radical (unpaired) electrons. The Morgan fingerprint density at radius 3 is 2.80 bits per heavy atom. The van der Waals surface area contributed by atoms with Crippen molar-refractivity contribution >= 4 is 18.0 Å². The van der Waals surface area contributed by atoms with Crippen LogP contribution in [0.3, 0.4) is 0 Å². The Kier molecular flexibility index (Phi) is 4.99. The molecule has 0 amide bonds. The van der Waals surface area contributed by atoms with Gasteiger partial charge in [0.05, 0.1) is 12.7 Å². The van der Waals surface area contributed by atoms with Crippen molar-refractivity contribution in [3.63, 3.8) is 0 Å². The van der Waals surface area contributed by atoms with Crippen molar-refractivity contribution in [1.82, 2.24) is 0 Å². The average molecular weight is 340 g/mol. The van der Waals surface area contributed by atoms with Crippen LogP contribution in [0.5, 0.6) is 11.5 Å². The minimum Gasteiger partial charge on any atom is -0.465 e. The smallest absolute Gasteiger partial charge is 0.337 e. The molecule has 1 aliphatic rings. The van der Waals surface area contributed by atoms with Crippen LogP contribution in [0.1, 0.15) is 21.5 Å². The number of methoxy groups -OCH3 is 1. The number of rotatable bonds is 5. The Labute approximate surface area is 144 Å². The van der Waals surface area contributed by atoms with Gasteiger partial charge < -0.3 is 18.9 Å². The molecule has 0 aromatic heterocycles. The SMILES string of the molecule is COC(=O)c1cccc(COC(=O)/C=C/c2ccc3c(c2)OCO3)c1. The summed E-state index contributed by atoms with van der Waals surface area (Å²) >= 11 is 0. The van der Waals surface area contributed by atoms with E-state index >= 15 is 0 Å². The molecule has 2 aromatic rings. The molecule has 2 aromatic carbocycles. The van der Waals surface area contributed by atoms with E-state index in [1.807, 2.05) is 6.07 Å². The van der Waals surface area contributed by atoms with Crippen LogP contribution >= 0.6 is 0 Å². The molecule has 0 fully saturated rings. The second-order valence-electron chi connectivity index (χ2n) is 5.25. The molecule has 25 heavy (non-hydrogen) atoms. The molecule has 0 bridgehead atoms. The maximum absolute atomic E-state index is 11.8. The lowest BCUT2D eigenvalue weighted by molar-refractivity contribution is -0.138. The molecule has 6 heteroatoms. The maximum atomic E-state index is 11.8. The molecule has 0 atom stereocenters. The first-order chi connectivity index (χ1) is 12.2. The molecule has 0 saturated heterocycles. The van der Waals surface area contributed by atoms with E-state index in [1.165, 1.54) is 13.2 Å². The summed E-state index contributed by atoms with van der Waals surface area (Å²) in [6.45, 7) is 0.268. The highest BCUT2D eigenvalue weighted by Gasteiger charge is 2.12. The molecule has 0 N–H and O–H groups in total. The number of hydrogen-bond acceptors (Lipinski definition) is 6. The van der Waals surface area contributed by atoms with Crippen molar-refractivity contribution in [2.45, 2.75) is 6.61 Å². The molecule has 1 aliphatic heterocycles. The Morgan fingerprint density at radius 1 is 1.12 bits per heavy atom. The zero-order chi connectivity index (χ0) is 17.6. The van der Waals surface area contributed by atoms with Crippen molar-refractivity contribution in [2.75, 3.05) is 13.9 Å². The molecule has 0 spiro atoms. The standard InChI is InChI=1S/C19H16O6/c1-22-19(21)15-4-2-3-14(9-15)11-23-18(20)8-6-13-5-7-16-17(10-13)25-12-24-16/h2-10H,11-12H2,1H3/b8-6+. The van der Waals surface area contributed by atoms with Gasteiger partial charge in [-0.05, 0) is 41.5 Å². The number of carbonyl (C=O) groups excluding carboxylic acids is 2. The van der Waals surface area contributed by atoms with Crippen LogP contribution in [-0.4, -0.2) is 25.8 Å². The van der Waals surface area contributed by atoms with Crippen LogP contribution in [0.4, 0.5) is 0 Å². The van der Waals surface area contributed by atoms with E-state index in [0.717, 1.165) is 5.56 Å². The summed E-state index contributed by atoms with van der Waals surface area (Å²) < 4.78 is 20.3. The van der Waals surface area contributed by atoms with E-state index in [4.69, 9.17) is 14.2 Å². The van der Waals surface area contributed by atoms with Gasteiger partial charge in [-0.15, -0.1) is 0 Å². The van der Waals surface area contributed by atoms with Gasteiger partial charge in [0.1, 0.15) is 6.61 Å². The molecule has 0 aliphatic carbocycles. The van der Waals surface area contributed by atoms with Gasteiger partial charge >= 0.3 is 11.9 Å². The van der Waals surface area contributed by atoms with E-state index in [2.05, 4.69) is 4.74 Å². The van der Waals surface area contributed by atoms with Crippen molar-refractivity contribution in [3.05, 3.63) is 65.2 Å². The summed E-state index contributed by atoms with van der Waals surface area (Å²) in [5, 5.41) is 0. The zero-order valence-electron chi connectivity index (χ0n) is 13.6. The highest BCUT2D eigenvalue weighted by atomic mass is 16.7. The quantitative estimate of drug-likeness (QED) is 0.616. The number of ether oxygens (including phenoxy) is 4. The van der Waals surface area contributed by atoms with Crippen LogP contribution in [0.15, 0.2) is 48.5 Å². The lowest BCUT2D eigenvalue weighted by Gasteiger charge is -2.04. The Hall–Kier alpha value is -3.28. The summed E-state index contributed by atoms with van der Waals surface area (Å²) in [6, 6.07) is 12.1. The van der Waals surface area contributed by atoms with Gasteiger partial charge in [0.15, 0.2) is 11.5 Å². The van der Waals surface area contributed by atoms with Gasteiger partial charge in [-0.2, -0.15) is 0 Å². The van der Waals surface area contributed by atoms with Gasteiger partial charge in [-0.1, -0.05) is 18.2 Å². The summed E-state index contributed by atoms with van der Waals surface area (Å²) in [6.07, 6.45) is 2.97. The molecule has 128 valence electrons. The van der Waals surface area contributed by atoms with E-state index in [-0.39, 0.29) is 13.4 Å². The number of hydrogen-bond donors (Lipinski definition) is 0. The third-order valence-corrected chi connectivity index (χ3v) is 3.54. The predicted molar refractivity (Wildman–Crippen MR) is 89.2 cm³/mol. The summed E-state index contributed by atoms with van der Waals surface area (Å²) in [5.41, 5.74) is 1.91. The molecular weight excluding hydrogens is 324 g/mol. The summed E-state index contributed by atoms with van der Waals surface area (Å²) in [4.78, 5) is 23.3. The van der Waals surface area contributed by atoms with E-state index in [1.54, 1.807) is 42.5 Å². The first-order valence-corrected chi connectivity index (χ1v) is 7.57. The third-order valence-electron chi connectivity index (χ3n) is 3.54. The highest BCUT2D eigenvalue weighted by Crippen LogP contribution is 2.32. The van der Waals surface area contributed by atoms with Crippen LogP contribution in [0.2, 0.25) is 0 Å². The monoisotopic (exact) mass is 340 g/mol. The molecule has 6 nitrogen and oxygen atoms in total. The summed E-state index contributed by atoms with van der Waals surface area (Å²) in [7, 11) is 1.32. The van der Waals surface area contributed by atoms with Gasteiger partial charge in [0.25, 0.3) is 0 Å². The molecule has 0 unspecified atom stereocenters. The lowest BCUT2D eigenvalue weighted by Crippen LogP contribution is -2.04. The lowest BCUT2D eigenvalue weighted by atomic mass is 10.1. The second kappa shape index (κ2) is 7.53. The predicted octanol–water partition coefficient (Wildman–Crippen LogP) is 2.96. The fourth-order valence-corrected chi connectivity index (χ4v) is 2.29. The van der Waals surface area contributed by atoms with Crippen LogP contribution < -0.4 is 9.47 Å². The Balaban J connectivity index is 1.57. The first kappa shape index (κ1) is 16.6. The van der Waals surface area contributed by atoms with Gasteiger partial charge in [0, 0.05) is 6.08 Å². The Bertz CT molecular complexity index is 824. The van der Waals surface area contributed by atoms with Gasteiger partial charge in [0.2, 0.25) is 6.79 Å². The van der Waals surface area contributed by atoms with Crippen molar-refractivity contribution in [2.24, 2.45) is 0 Å². The van der Waals surface area contributed by atoms with Crippen LogP contribution in [0.25, 0.3) is 6.08 Å². The van der Waals surface area contributed by atoms with Gasteiger partial charge in [-0.25, -0.2) is 9.59 Å². The first-order valence-electron chi connectivity index (χ1n) is 7.57. The van der Waals surface area contributed by atoms with Crippen LogP contribution in [-0.2, 0) is 20.9 Å². The van der Waals surface area contributed by atoms with Crippen molar-refractivity contribution in [3.8, 4) is 11.5 Å². The topological polar surface area (TPSA) is 71.1 Å². The number of benzene rings is 2. The number of fused-ring (bicyclic) bond motifs is 1. The Morgan fingerprint density at radius 2 is 1.96 bits per heavy atom. The maximum Gasteiger partial charge on any atom is 0.337 e. The third kappa shape index (κ3) is 4.17. The van der Waals surface area contributed by atoms with Gasteiger partial charge in [-0.3, -0.25) is 0 Å². The van der Waals surface area contributed by atoms with Crippen molar-refractivity contribution < 1.29 is 28.5 Å². The fraction of sp³-hybridized carbons (Fsp3) is 0.158. The molecule has 1 heterocycles. The van der Waals surface area contributed by atoms with E-state index in [9.17, 15) is 9.59 Å². The minimum atomic E-state index is -0.485. The number of carbonyl (C=O) groups is 2. The molecular formula is C19H16O6.